The third-order valence-corrected chi connectivity index (χ3v) is 3.70. The molecule has 0 saturated heterocycles. The summed E-state index contributed by atoms with van der Waals surface area (Å²) in [5.41, 5.74) is -0.628. The van der Waals surface area contributed by atoms with Gasteiger partial charge >= 0.3 is 5.97 Å². The number of nitrogens with zero attached hydrogens (tertiary/aromatic N) is 1. The Morgan fingerprint density at radius 2 is 2.14 bits per heavy atom. The molecule has 0 fully saturated rings. The number of nitro groups is 1. The van der Waals surface area contributed by atoms with E-state index in [1.807, 2.05) is 0 Å². The van der Waals surface area contributed by atoms with Crippen molar-refractivity contribution in [1.82, 2.24) is 0 Å². The molecule has 0 aromatic heterocycles. The molecular weight excluding hydrogens is 304 g/mol. The summed E-state index contributed by atoms with van der Waals surface area (Å²) in [6.07, 6.45) is 0.921. The minimum atomic E-state index is -3.60. The average Bonchev–Trinajstić information content (AvgIpc) is 2.42. The van der Waals surface area contributed by atoms with Crippen LogP contribution in [0.4, 0.5) is 11.4 Å². The van der Waals surface area contributed by atoms with Gasteiger partial charge in [0.15, 0.2) is 9.84 Å². The Bertz CT molecular complexity index is 657. The number of carbonyl (C=O) groups is 1. The molecule has 0 aliphatic rings. The van der Waals surface area contributed by atoms with Crippen molar-refractivity contribution >= 4 is 27.2 Å². The molecule has 9 nitrogen and oxygen atoms in total. The fraction of sp³-hybridized carbons (Fsp3) is 0.364. The number of carbonyl (C=O) groups excluding carboxylic acids is 1. The Labute approximate surface area is 120 Å². The predicted octanol–water partition coefficient (Wildman–Crippen LogP) is -0.0559. The molecule has 0 aliphatic carbocycles. The number of ether oxygens (including phenoxy) is 1. The summed E-state index contributed by atoms with van der Waals surface area (Å²) in [6.45, 7) is -0.641. The molecule has 0 saturated carbocycles. The van der Waals surface area contributed by atoms with Crippen molar-refractivity contribution in [3.63, 3.8) is 0 Å². The number of hydrogen-bond acceptors (Lipinski definition) is 8. The monoisotopic (exact) mass is 318 g/mol. The Kier molecular flexibility index (Phi) is 5.22. The first-order valence-electron chi connectivity index (χ1n) is 5.64. The number of sulfone groups is 1. The van der Waals surface area contributed by atoms with Crippen molar-refractivity contribution in [1.29, 1.82) is 0 Å². The quantitative estimate of drug-likeness (QED) is 0.423. The van der Waals surface area contributed by atoms with Gasteiger partial charge in [0, 0.05) is 12.3 Å². The Hall–Kier alpha value is -2.20. The van der Waals surface area contributed by atoms with Gasteiger partial charge in [0.05, 0.1) is 23.5 Å². The van der Waals surface area contributed by atoms with Crippen molar-refractivity contribution in [3.8, 4) is 0 Å². The molecule has 0 aliphatic heterocycles. The van der Waals surface area contributed by atoms with Gasteiger partial charge in [-0.3, -0.25) is 10.1 Å². The highest BCUT2D eigenvalue weighted by Gasteiger charge is 2.24. The first kappa shape index (κ1) is 16.9. The largest absolute Gasteiger partial charge is 0.467 e. The minimum absolute atomic E-state index is 0.100. The smallest absolute Gasteiger partial charge is 0.330 e. The van der Waals surface area contributed by atoms with Crippen LogP contribution in [0.1, 0.15) is 0 Å². The van der Waals surface area contributed by atoms with Crippen LogP contribution in [0.15, 0.2) is 23.1 Å². The van der Waals surface area contributed by atoms with Crippen molar-refractivity contribution in [2.24, 2.45) is 0 Å². The van der Waals surface area contributed by atoms with Gasteiger partial charge < -0.3 is 15.2 Å². The summed E-state index contributed by atoms with van der Waals surface area (Å²) < 4.78 is 27.2. The number of anilines is 1. The van der Waals surface area contributed by atoms with Crippen LogP contribution in [-0.2, 0) is 19.4 Å². The molecule has 1 aromatic rings. The molecular formula is C11H14N2O7S. The van der Waals surface area contributed by atoms with Gasteiger partial charge in [-0.15, -0.1) is 0 Å². The van der Waals surface area contributed by atoms with E-state index in [9.17, 15) is 23.3 Å². The van der Waals surface area contributed by atoms with E-state index in [4.69, 9.17) is 5.11 Å². The first-order chi connectivity index (χ1) is 9.70. The van der Waals surface area contributed by atoms with Crippen LogP contribution in [0.3, 0.4) is 0 Å². The van der Waals surface area contributed by atoms with Gasteiger partial charge in [0.2, 0.25) is 0 Å². The maximum Gasteiger partial charge on any atom is 0.330 e. The zero-order chi connectivity index (χ0) is 16.2. The number of nitrogens with one attached hydrogen (secondary N) is 1. The number of rotatable bonds is 6. The van der Waals surface area contributed by atoms with E-state index in [0.29, 0.717) is 0 Å². The van der Waals surface area contributed by atoms with E-state index in [1.165, 1.54) is 0 Å². The molecule has 0 spiro atoms. The van der Waals surface area contributed by atoms with Crippen LogP contribution in [0, 0.1) is 10.1 Å². The van der Waals surface area contributed by atoms with Crippen LogP contribution in [0.25, 0.3) is 0 Å². The number of esters is 1. The average molecular weight is 318 g/mol. The molecule has 1 atom stereocenters. The lowest BCUT2D eigenvalue weighted by Gasteiger charge is -2.15. The van der Waals surface area contributed by atoms with Crippen LogP contribution in [-0.4, -0.2) is 50.4 Å². The first-order valence-corrected chi connectivity index (χ1v) is 7.53. The summed E-state index contributed by atoms with van der Waals surface area (Å²) >= 11 is 0. The van der Waals surface area contributed by atoms with Crippen LogP contribution >= 0.6 is 0 Å². The lowest BCUT2D eigenvalue weighted by molar-refractivity contribution is -0.384. The van der Waals surface area contributed by atoms with E-state index in [2.05, 4.69) is 10.1 Å². The zero-order valence-corrected chi connectivity index (χ0v) is 12.1. The second-order valence-corrected chi connectivity index (χ2v) is 6.13. The molecule has 116 valence electrons. The van der Waals surface area contributed by atoms with Gasteiger partial charge in [0.25, 0.3) is 5.69 Å². The summed E-state index contributed by atoms with van der Waals surface area (Å²) in [4.78, 5) is 21.3. The maximum absolute atomic E-state index is 11.4. The van der Waals surface area contributed by atoms with Crippen molar-refractivity contribution < 1.29 is 28.0 Å². The second-order valence-electron chi connectivity index (χ2n) is 4.11. The number of nitro benzene ring substituents is 1. The molecule has 0 radical (unpaired) electrons. The van der Waals surface area contributed by atoms with Gasteiger partial charge in [-0.05, 0) is 12.1 Å². The molecule has 0 heterocycles. The topological polar surface area (TPSA) is 136 Å². The third-order valence-electron chi connectivity index (χ3n) is 2.59. The van der Waals surface area contributed by atoms with E-state index in [-0.39, 0.29) is 10.6 Å². The molecule has 0 amide bonds. The third kappa shape index (κ3) is 4.13. The highest BCUT2D eigenvalue weighted by atomic mass is 32.2. The summed E-state index contributed by atoms with van der Waals surface area (Å²) in [6, 6.07) is 2.00. The Balaban J connectivity index is 3.24. The summed E-state index contributed by atoms with van der Waals surface area (Å²) in [5.74, 6) is -0.806. The molecule has 21 heavy (non-hydrogen) atoms. The van der Waals surface area contributed by atoms with Crippen molar-refractivity contribution in [2.45, 2.75) is 10.9 Å². The van der Waals surface area contributed by atoms with Crippen molar-refractivity contribution in [3.05, 3.63) is 28.3 Å². The number of benzene rings is 1. The molecule has 0 bridgehead atoms. The number of methoxy groups -OCH3 is 1. The molecule has 2 N–H and O–H groups in total. The van der Waals surface area contributed by atoms with E-state index in [0.717, 1.165) is 31.6 Å². The molecule has 10 heteroatoms. The maximum atomic E-state index is 11.4. The van der Waals surface area contributed by atoms with Crippen LogP contribution in [0.2, 0.25) is 0 Å². The van der Waals surface area contributed by atoms with E-state index < -0.39 is 39.1 Å². The van der Waals surface area contributed by atoms with E-state index in [1.54, 1.807) is 0 Å². The predicted molar refractivity (Wildman–Crippen MR) is 72.7 cm³/mol. The lowest BCUT2D eigenvalue weighted by atomic mass is 10.2. The van der Waals surface area contributed by atoms with Gasteiger partial charge in [0.1, 0.15) is 11.7 Å². The Morgan fingerprint density at radius 1 is 1.52 bits per heavy atom. The van der Waals surface area contributed by atoms with Crippen molar-refractivity contribution in [2.75, 3.05) is 25.3 Å². The van der Waals surface area contributed by atoms with Gasteiger partial charge in [-0.2, -0.15) is 0 Å². The zero-order valence-electron chi connectivity index (χ0n) is 11.3. The summed E-state index contributed by atoms with van der Waals surface area (Å²) in [7, 11) is -2.50. The number of aliphatic hydroxyl groups is 1. The van der Waals surface area contributed by atoms with Gasteiger partial charge in [-0.1, -0.05) is 0 Å². The SMILES string of the molecule is COC(=O)C(CO)Nc1ccc(S(C)(=O)=O)cc1[N+](=O)[O-]. The normalized spacial score (nSPS) is 12.5. The lowest BCUT2D eigenvalue weighted by Crippen LogP contribution is -2.34. The number of aliphatic hydroxyl groups excluding tert-OH is 1. The van der Waals surface area contributed by atoms with Gasteiger partial charge in [-0.25, -0.2) is 13.2 Å². The minimum Gasteiger partial charge on any atom is -0.467 e. The highest BCUT2D eigenvalue weighted by Crippen LogP contribution is 2.28. The second kappa shape index (κ2) is 6.50. The van der Waals surface area contributed by atoms with Crippen LogP contribution < -0.4 is 5.32 Å². The summed E-state index contributed by atoms with van der Waals surface area (Å²) in [5, 5.41) is 22.5. The molecule has 1 rings (SSSR count). The highest BCUT2D eigenvalue weighted by molar-refractivity contribution is 7.90. The van der Waals surface area contributed by atoms with E-state index >= 15 is 0 Å². The fourth-order valence-electron chi connectivity index (χ4n) is 1.52. The standard InChI is InChI=1S/C11H14N2O7S/c1-20-11(15)9(6-14)12-8-4-3-7(21(2,18)19)5-10(8)13(16)17/h3-5,9,12,14H,6H2,1-2H3. The van der Waals surface area contributed by atoms with Crippen LogP contribution in [0.5, 0.6) is 0 Å². The molecule has 1 aromatic carbocycles. The number of hydrogen-bond donors (Lipinski definition) is 2. The molecule has 1 unspecified atom stereocenters. The fourth-order valence-corrected chi connectivity index (χ4v) is 2.17. The Morgan fingerprint density at radius 3 is 2.57 bits per heavy atom.